The predicted molar refractivity (Wildman–Crippen MR) is 67.1 cm³/mol. The molecule has 3 aromatic rings. The van der Waals surface area contributed by atoms with Gasteiger partial charge in [0, 0.05) is 4.47 Å². The quantitative estimate of drug-likeness (QED) is 0.660. The van der Waals surface area contributed by atoms with E-state index in [4.69, 9.17) is 4.42 Å². The molecule has 90 valence electrons. The molecule has 0 saturated carbocycles. The number of hydrogen-bond donors (Lipinski definition) is 0. The molecule has 1 heterocycles. The van der Waals surface area contributed by atoms with Crippen LogP contribution in [0.25, 0.3) is 22.6 Å². The van der Waals surface area contributed by atoms with Gasteiger partial charge in [-0.25, -0.2) is 13.8 Å². The molecule has 0 saturated heterocycles. The first-order chi connectivity index (χ1) is 8.65. The van der Waals surface area contributed by atoms with E-state index in [2.05, 4.69) is 20.9 Å². The lowest BCUT2D eigenvalue weighted by Crippen LogP contribution is -1.82. The third kappa shape index (κ3) is 1.80. The molecule has 0 radical (unpaired) electrons. The molecule has 1 aromatic heterocycles. The average molecular weight is 310 g/mol. The van der Waals surface area contributed by atoms with Gasteiger partial charge in [0.15, 0.2) is 11.4 Å². The van der Waals surface area contributed by atoms with Crippen molar-refractivity contribution >= 4 is 27.0 Å². The Morgan fingerprint density at radius 2 is 1.83 bits per heavy atom. The van der Waals surface area contributed by atoms with Crippen LogP contribution in [0.1, 0.15) is 0 Å². The number of halogens is 3. The van der Waals surface area contributed by atoms with Gasteiger partial charge < -0.3 is 4.42 Å². The van der Waals surface area contributed by atoms with Gasteiger partial charge in [-0.05, 0) is 24.3 Å². The first-order valence-electron chi connectivity index (χ1n) is 5.15. The van der Waals surface area contributed by atoms with Gasteiger partial charge in [0.2, 0.25) is 5.89 Å². The Bertz CT molecular complexity index is 739. The summed E-state index contributed by atoms with van der Waals surface area (Å²) in [5.41, 5.74) is 0.584. The summed E-state index contributed by atoms with van der Waals surface area (Å²) in [6.45, 7) is 0. The van der Waals surface area contributed by atoms with E-state index in [1.54, 1.807) is 18.2 Å². The van der Waals surface area contributed by atoms with Gasteiger partial charge in [-0.15, -0.1) is 0 Å². The van der Waals surface area contributed by atoms with Crippen molar-refractivity contribution in [3.63, 3.8) is 0 Å². The fraction of sp³-hybridized carbons (Fsp3) is 0. The van der Waals surface area contributed by atoms with E-state index in [1.807, 2.05) is 0 Å². The molecule has 2 nitrogen and oxygen atoms in total. The van der Waals surface area contributed by atoms with Crippen molar-refractivity contribution in [1.29, 1.82) is 0 Å². The molecular weight excluding hydrogens is 304 g/mol. The standard InChI is InChI=1S/C13H6BrF2NO/c14-7-5-10(16)12-11(6-7)17-13(18-12)8-3-1-2-4-9(8)15/h1-6H. The van der Waals surface area contributed by atoms with E-state index in [0.717, 1.165) is 0 Å². The van der Waals surface area contributed by atoms with Crippen molar-refractivity contribution in [2.75, 3.05) is 0 Å². The largest absolute Gasteiger partial charge is 0.433 e. The predicted octanol–water partition coefficient (Wildman–Crippen LogP) is 4.54. The van der Waals surface area contributed by atoms with Gasteiger partial charge in [0.1, 0.15) is 11.3 Å². The summed E-state index contributed by atoms with van der Waals surface area (Å²) in [7, 11) is 0. The van der Waals surface area contributed by atoms with Crippen LogP contribution in [0, 0.1) is 11.6 Å². The van der Waals surface area contributed by atoms with Crippen LogP contribution in [-0.2, 0) is 0 Å². The van der Waals surface area contributed by atoms with Gasteiger partial charge in [-0.3, -0.25) is 0 Å². The number of oxazole rings is 1. The summed E-state index contributed by atoms with van der Waals surface area (Å²) in [5, 5.41) is 0. The Kier molecular flexibility index (Phi) is 2.63. The number of nitrogens with zero attached hydrogens (tertiary/aromatic N) is 1. The molecule has 0 unspecified atom stereocenters. The lowest BCUT2D eigenvalue weighted by atomic mass is 10.2. The molecule has 0 fully saturated rings. The van der Waals surface area contributed by atoms with Gasteiger partial charge in [-0.2, -0.15) is 0 Å². The molecule has 0 atom stereocenters. The first-order valence-corrected chi connectivity index (χ1v) is 5.95. The summed E-state index contributed by atoms with van der Waals surface area (Å²) in [6.07, 6.45) is 0. The topological polar surface area (TPSA) is 26.0 Å². The maximum Gasteiger partial charge on any atom is 0.230 e. The maximum atomic E-state index is 13.6. The zero-order valence-corrected chi connectivity index (χ0v) is 10.5. The van der Waals surface area contributed by atoms with Gasteiger partial charge in [0.25, 0.3) is 0 Å². The Morgan fingerprint density at radius 1 is 1.06 bits per heavy atom. The van der Waals surface area contributed by atoms with E-state index >= 15 is 0 Å². The SMILES string of the molecule is Fc1ccccc1-c1nc2cc(Br)cc(F)c2o1. The minimum Gasteiger partial charge on any atom is -0.433 e. The fourth-order valence-electron chi connectivity index (χ4n) is 1.71. The van der Waals surface area contributed by atoms with Crippen LogP contribution < -0.4 is 0 Å². The van der Waals surface area contributed by atoms with Crippen LogP contribution in [0.5, 0.6) is 0 Å². The number of fused-ring (bicyclic) bond motifs is 1. The van der Waals surface area contributed by atoms with E-state index < -0.39 is 11.6 Å². The molecule has 0 aliphatic rings. The zero-order chi connectivity index (χ0) is 12.7. The third-order valence-electron chi connectivity index (χ3n) is 2.51. The molecule has 0 bridgehead atoms. The Balaban J connectivity index is 2.26. The van der Waals surface area contributed by atoms with E-state index in [-0.39, 0.29) is 17.0 Å². The van der Waals surface area contributed by atoms with Crippen LogP contribution in [0.3, 0.4) is 0 Å². The molecular formula is C13H6BrF2NO. The van der Waals surface area contributed by atoms with Crippen LogP contribution in [0.15, 0.2) is 45.3 Å². The van der Waals surface area contributed by atoms with Crippen LogP contribution >= 0.6 is 15.9 Å². The second-order valence-electron chi connectivity index (χ2n) is 3.73. The number of hydrogen-bond acceptors (Lipinski definition) is 2. The maximum absolute atomic E-state index is 13.6. The Hall–Kier alpha value is -1.75. The molecule has 2 aromatic carbocycles. The van der Waals surface area contributed by atoms with E-state index in [0.29, 0.717) is 9.99 Å². The lowest BCUT2D eigenvalue weighted by Gasteiger charge is -1.95. The van der Waals surface area contributed by atoms with E-state index in [1.165, 1.54) is 18.2 Å². The molecule has 18 heavy (non-hydrogen) atoms. The smallest absolute Gasteiger partial charge is 0.230 e. The van der Waals surface area contributed by atoms with Crippen molar-refractivity contribution in [1.82, 2.24) is 4.98 Å². The van der Waals surface area contributed by atoms with Gasteiger partial charge in [-0.1, -0.05) is 28.1 Å². The Morgan fingerprint density at radius 3 is 2.61 bits per heavy atom. The third-order valence-corrected chi connectivity index (χ3v) is 2.97. The highest BCUT2D eigenvalue weighted by Crippen LogP contribution is 2.29. The van der Waals surface area contributed by atoms with Crippen LogP contribution in [-0.4, -0.2) is 4.98 Å². The van der Waals surface area contributed by atoms with Crippen LogP contribution in [0.2, 0.25) is 0 Å². The summed E-state index contributed by atoms with van der Waals surface area (Å²) >= 11 is 3.17. The van der Waals surface area contributed by atoms with E-state index in [9.17, 15) is 8.78 Å². The summed E-state index contributed by atoms with van der Waals surface area (Å²) in [6, 6.07) is 8.96. The monoisotopic (exact) mass is 309 g/mol. The van der Waals surface area contributed by atoms with Crippen molar-refractivity contribution in [2.45, 2.75) is 0 Å². The zero-order valence-electron chi connectivity index (χ0n) is 8.95. The lowest BCUT2D eigenvalue weighted by molar-refractivity contribution is 0.557. The average Bonchev–Trinajstić information content (AvgIpc) is 2.73. The summed E-state index contributed by atoms with van der Waals surface area (Å²) in [5.74, 6) is -0.918. The molecule has 0 aliphatic heterocycles. The minimum absolute atomic E-state index is 0.0245. The first kappa shape index (κ1) is 11.3. The summed E-state index contributed by atoms with van der Waals surface area (Å²) in [4.78, 5) is 4.09. The highest BCUT2D eigenvalue weighted by molar-refractivity contribution is 9.10. The molecule has 3 rings (SSSR count). The Labute approximate surface area is 109 Å². The minimum atomic E-state index is -0.533. The van der Waals surface area contributed by atoms with Crippen molar-refractivity contribution < 1.29 is 13.2 Å². The molecule has 0 aliphatic carbocycles. The number of rotatable bonds is 1. The molecule has 0 amide bonds. The molecule has 5 heteroatoms. The van der Waals surface area contributed by atoms with Crippen molar-refractivity contribution in [3.05, 3.63) is 52.5 Å². The highest BCUT2D eigenvalue weighted by atomic mass is 79.9. The normalized spacial score (nSPS) is 11.1. The van der Waals surface area contributed by atoms with Gasteiger partial charge in [0.05, 0.1) is 5.56 Å². The summed E-state index contributed by atoms with van der Waals surface area (Å²) < 4.78 is 33.0. The van der Waals surface area contributed by atoms with Crippen molar-refractivity contribution in [3.8, 4) is 11.5 Å². The molecule has 0 N–H and O–H groups in total. The fourth-order valence-corrected chi connectivity index (χ4v) is 2.13. The van der Waals surface area contributed by atoms with Crippen molar-refractivity contribution in [2.24, 2.45) is 0 Å². The number of benzene rings is 2. The van der Waals surface area contributed by atoms with Crippen LogP contribution in [0.4, 0.5) is 8.78 Å². The second kappa shape index (κ2) is 4.17. The molecule has 0 spiro atoms. The second-order valence-corrected chi connectivity index (χ2v) is 4.65. The number of aromatic nitrogens is 1. The van der Waals surface area contributed by atoms with Gasteiger partial charge >= 0.3 is 0 Å². The highest BCUT2D eigenvalue weighted by Gasteiger charge is 2.15.